The molecule has 0 aromatic heterocycles. The molecule has 0 fully saturated rings. The molecule has 0 radical (unpaired) electrons. The fourth-order valence-electron chi connectivity index (χ4n) is 1.73. The topological polar surface area (TPSA) is 58.7 Å². The summed E-state index contributed by atoms with van der Waals surface area (Å²) in [5.74, 6) is 0.551. The molecular weight excluding hydrogens is 270 g/mol. The normalized spacial score (nSPS) is 18.4. The molecule has 0 saturated heterocycles. The Balaban J connectivity index is 2.04. The van der Waals surface area contributed by atoms with Crippen LogP contribution in [0.4, 0.5) is 5.69 Å². The van der Waals surface area contributed by atoms with E-state index in [1.807, 2.05) is 49.4 Å². The van der Waals surface area contributed by atoms with Gasteiger partial charge in [-0.1, -0.05) is 42.1 Å². The van der Waals surface area contributed by atoms with Crippen molar-refractivity contribution in [3.05, 3.63) is 54.8 Å². The Hall–Kier alpha value is -2.01. The van der Waals surface area contributed by atoms with Crippen molar-refractivity contribution in [1.29, 1.82) is 0 Å². The van der Waals surface area contributed by atoms with Crippen molar-refractivity contribution < 1.29 is 4.79 Å². The van der Waals surface area contributed by atoms with Gasteiger partial charge in [-0.3, -0.25) is 4.79 Å². The molecule has 5 heteroatoms. The Morgan fingerprint density at radius 1 is 1.45 bits per heavy atom. The first kappa shape index (κ1) is 14.4. The van der Waals surface area contributed by atoms with Crippen LogP contribution in [-0.4, -0.2) is 16.7 Å². The molecule has 0 saturated carbocycles. The van der Waals surface area contributed by atoms with E-state index in [0.29, 0.717) is 11.6 Å². The van der Waals surface area contributed by atoms with Crippen LogP contribution in [0.5, 0.6) is 0 Å². The zero-order valence-corrected chi connectivity index (χ0v) is 12.1. The minimum absolute atomic E-state index is 0.0216. The number of nitrogens with zero attached hydrogens (tertiary/aromatic N) is 2. The standard InChI is InChI=1S/C15H17N3OS/c1-2-3-11-20-15(19)13-9-10-18(17-14(13)16)12-7-5-4-6-8-12/h2-10,13H,11H2,1H3,(H2,16,17). The van der Waals surface area contributed by atoms with E-state index < -0.39 is 5.92 Å². The Morgan fingerprint density at radius 2 is 2.20 bits per heavy atom. The molecule has 104 valence electrons. The van der Waals surface area contributed by atoms with E-state index in [-0.39, 0.29) is 5.12 Å². The Morgan fingerprint density at radius 3 is 2.85 bits per heavy atom. The molecule has 0 amide bonds. The van der Waals surface area contributed by atoms with E-state index in [4.69, 9.17) is 5.73 Å². The smallest absolute Gasteiger partial charge is 0.203 e. The van der Waals surface area contributed by atoms with Gasteiger partial charge in [-0.25, -0.2) is 5.01 Å². The van der Waals surface area contributed by atoms with Crippen molar-refractivity contribution in [3.63, 3.8) is 0 Å². The van der Waals surface area contributed by atoms with Crippen LogP contribution < -0.4 is 10.7 Å². The molecule has 1 atom stereocenters. The van der Waals surface area contributed by atoms with E-state index in [1.54, 1.807) is 17.3 Å². The number of carbonyl (C=O) groups excluding carboxylic acids is 1. The number of rotatable bonds is 4. The van der Waals surface area contributed by atoms with Crippen molar-refractivity contribution >= 4 is 28.4 Å². The lowest BCUT2D eigenvalue weighted by Crippen LogP contribution is -2.33. The number of nitrogens with two attached hydrogens (primary N) is 1. The van der Waals surface area contributed by atoms with Crippen LogP contribution in [-0.2, 0) is 4.79 Å². The van der Waals surface area contributed by atoms with Crippen molar-refractivity contribution in [1.82, 2.24) is 0 Å². The second kappa shape index (κ2) is 6.96. The van der Waals surface area contributed by atoms with Gasteiger partial charge in [0.15, 0.2) is 0 Å². The Bertz CT molecular complexity index is 551. The summed E-state index contributed by atoms with van der Waals surface area (Å²) in [6, 6.07) is 9.67. The zero-order chi connectivity index (χ0) is 14.4. The van der Waals surface area contributed by atoms with Gasteiger partial charge in [0.2, 0.25) is 5.12 Å². The lowest BCUT2D eigenvalue weighted by atomic mass is 10.1. The highest BCUT2D eigenvalue weighted by molar-refractivity contribution is 8.13. The van der Waals surface area contributed by atoms with Gasteiger partial charge >= 0.3 is 0 Å². The Labute approximate surface area is 123 Å². The molecule has 0 spiro atoms. The van der Waals surface area contributed by atoms with Gasteiger partial charge in [-0.05, 0) is 25.1 Å². The van der Waals surface area contributed by atoms with Crippen LogP contribution in [0.25, 0.3) is 0 Å². The summed E-state index contributed by atoms with van der Waals surface area (Å²) >= 11 is 1.25. The second-order valence-electron chi connectivity index (χ2n) is 4.22. The fourth-order valence-corrected chi connectivity index (χ4v) is 2.56. The highest BCUT2D eigenvalue weighted by Crippen LogP contribution is 2.21. The van der Waals surface area contributed by atoms with Crippen LogP contribution in [0, 0.1) is 5.92 Å². The number of carbonyl (C=O) groups is 1. The molecule has 2 rings (SSSR count). The summed E-state index contributed by atoms with van der Waals surface area (Å²) in [5, 5.41) is 5.97. The number of para-hydroxylation sites is 1. The number of amidine groups is 1. The molecule has 1 unspecified atom stereocenters. The first-order chi connectivity index (χ1) is 9.72. The van der Waals surface area contributed by atoms with E-state index >= 15 is 0 Å². The predicted molar refractivity (Wildman–Crippen MR) is 85.5 cm³/mol. The molecule has 1 aromatic carbocycles. The summed E-state index contributed by atoms with van der Waals surface area (Å²) in [5.41, 5.74) is 6.83. The van der Waals surface area contributed by atoms with Gasteiger partial charge in [0.1, 0.15) is 11.8 Å². The number of hydrogen-bond donors (Lipinski definition) is 1. The molecule has 0 bridgehead atoms. The van der Waals surface area contributed by atoms with Crippen LogP contribution >= 0.6 is 11.8 Å². The third-order valence-corrected chi connectivity index (χ3v) is 3.69. The lowest BCUT2D eigenvalue weighted by Gasteiger charge is -2.22. The zero-order valence-electron chi connectivity index (χ0n) is 11.3. The average Bonchev–Trinajstić information content (AvgIpc) is 2.48. The van der Waals surface area contributed by atoms with Crippen molar-refractivity contribution in [2.75, 3.05) is 10.8 Å². The molecule has 0 aliphatic carbocycles. The van der Waals surface area contributed by atoms with E-state index in [2.05, 4.69) is 5.10 Å². The third-order valence-electron chi connectivity index (χ3n) is 2.79. The lowest BCUT2D eigenvalue weighted by molar-refractivity contribution is -0.111. The number of anilines is 1. The van der Waals surface area contributed by atoms with Gasteiger partial charge in [-0.15, -0.1) is 0 Å². The number of allylic oxidation sites excluding steroid dienone is 1. The molecule has 2 N–H and O–H groups in total. The summed E-state index contributed by atoms with van der Waals surface area (Å²) in [6.07, 6.45) is 7.44. The minimum Gasteiger partial charge on any atom is -0.385 e. The van der Waals surface area contributed by atoms with Gasteiger partial charge in [0.05, 0.1) is 5.69 Å². The van der Waals surface area contributed by atoms with Crippen molar-refractivity contribution in [2.45, 2.75) is 6.92 Å². The minimum atomic E-state index is -0.440. The summed E-state index contributed by atoms with van der Waals surface area (Å²) in [7, 11) is 0. The number of hydrazone groups is 1. The van der Waals surface area contributed by atoms with E-state index in [0.717, 1.165) is 5.69 Å². The van der Waals surface area contributed by atoms with Crippen molar-refractivity contribution in [2.24, 2.45) is 16.8 Å². The first-order valence-corrected chi connectivity index (χ1v) is 7.35. The number of thioether (sulfide) groups is 1. The largest absolute Gasteiger partial charge is 0.385 e. The molecular formula is C15H17N3OS. The Kier molecular flexibility index (Phi) is 5.01. The number of benzene rings is 1. The van der Waals surface area contributed by atoms with Gasteiger partial charge in [-0.2, -0.15) is 5.10 Å². The quantitative estimate of drug-likeness (QED) is 0.865. The van der Waals surface area contributed by atoms with Gasteiger partial charge in [0.25, 0.3) is 0 Å². The van der Waals surface area contributed by atoms with Crippen LogP contribution in [0.15, 0.2) is 59.9 Å². The fraction of sp³-hybridized carbons (Fsp3) is 0.200. The highest BCUT2D eigenvalue weighted by Gasteiger charge is 2.24. The average molecular weight is 287 g/mol. The molecule has 1 heterocycles. The van der Waals surface area contributed by atoms with E-state index in [1.165, 1.54) is 11.8 Å². The molecule has 4 nitrogen and oxygen atoms in total. The van der Waals surface area contributed by atoms with Crippen LogP contribution in [0.3, 0.4) is 0 Å². The molecule has 20 heavy (non-hydrogen) atoms. The van der Waals surface area contributed by atoms with E-state index in [9.17, 15) is 4.79 Å². The second-order valence-corrected chi connectivity index (χ2v) is 5.25. The maximum atomic E-state index is 12.0. The molecule has 1 aliphatic heterocycles. The first-order valence-electron chi connectivity index (χ1n) is 6.36. The SMILES string of the molecule is CC=CCSC(=O)C1C=CN(c2ccccc2)N=C1N. The summed E-state index contributed by atoms with van der Waals surface area (Å²) < 4.78 is 0. The molecule has 1 aromatic rings. The summed E-state index contributed by atoms with van der Waals surface area (Å²) in [4.78, 5) is 12.0. The monoisotopic (exact) mass is 287 g/mol. The van der Waals surface area contributed by atoms with Crippen LogP contribution in [0.2, 0.25) is 0 Å². The predicted octanol–water partition coefficient (Wildman–Crippen LogP) is 2.74. The summed E-state index contributed by atoms with van der Waals surface area (Å²) in [6.45, 7) is 1.93. The van der Waals surface area contributed by atoms with Crippen molar-refractivity contribution in [3.8, 4) is 0 Å². The van der Waals surface area contributed by atoms with Crippen LogP contribution in [0.1, 0.15) is 6.92 Å². The van der Waals surface area contributed by atoms with Gasteiger partial charge < -0.3 is 5.73 Å². The highest BCUT2D eigenvalue weighted by atomic mass is 32.2. The van der Waals surface area contributed by atoms with Gasteiger partial charge in [0, 0.05) is 12.0 Å². The maximum Gasteiger partial charge on any atom is 0.203 e. The molecule has 1 aliphatic rings. The number of hydrogen-bond acceptors (Lipinski definition) is 5. The third kappa shape index (κ3) is 3.51. The maximum absolute atomic E-state index is 12.0.